The summed E-state index contributed by atoms with van der Waals surface area (Å²) < 4.78 is 19.7. The second kappa shape index (κ2) is 5.44. The zero-order chi connectivity index (χ0) is 16.0. The monoisotopic (exact) mass is 330 g/mol. The fourth-order valence-electron chi connectivity index (χ4n) is 2.24. The maximum Gasteiger partial charge on any atom is 0.305 e. The second-order valence-electron chi connectivity index (χ2n) is 4.75. The van der Waals surface area contributed by atoms with Crippen LogP contribution in [0.15, 0.2) is 11.0 Å². The number of aromatic amines is 1. The molecule has 0 spiro atoms. The van der Waals surface area contributed by atoms with E-state index in [0.717, 1.165) is 0 Å². The highest BCUT2D eigenvalue weighted by molar-refractivity contribution is 7.71. The summed E-state index contributed by atoms with van der Waals surface area (Å²) in [6.07, 6.45) is -3.54. The SMILES string of the molecule is O=c1[nH]c2nc(=S)n([C@@H]3O[C@H](CO)C(O)[C@@H]3O)cc2nc1F. The molecule has 4 N–H and O–H groups in total. The van der Waals surface area contributed by atoms with Gasteiger partial charge in [0.15, 0.2) is 11.9 Å². The van der Waals surface area contributed by atoms with E-state index >= 15 is 0 Å². The van der Waals surface area contributed by atoms with Gasteiger partial charge in [0.05, 0.1) is 6.61 Å². The van der Waals surface area contributed by atoms with Crippen LogP contribution in [0.2, 0.25) is 0 Å². The van der Waals surface area contributed by atoms with Gasteiger partial charge in [0, 0.05) is 6.20 Å². The number of ether oxygens (including phenoxy) is 1. The topological polar surface area (TPSA) is 133 Å². The fraction of sp³-hybridized carbons (Fsp3) is 0.455. The third kappa shape index (κ3) is 2.32. The van der Waals surface area contributed by atoms with Crippen LogP contribution in [-0.2, 0) is 4.74 Å². The highest BCUT2D eigenvalue weighted by Crippen LogP contribution is 2.29. The lowest BCUT2D eigenvalue weighted by atomic mass is 10.1. The number of aliphatic hydroxyl groups is 3. The Labute approximate surface area is 126 Å². The molecule has 1 aliphatic rings. The van der Waals surface area contributed by atoms with Crippen LogP contribution in [0.25, 0.3) is 11.2 Å². The summed E-state index contributed by atoms with van der Waals surface area (Å²) in [7, 11) is 0. The lowest BCUT2D eigenvalue weighted by molar-refractivity contribution is -0.0539. The first-order chi connectivity index (χ1) is 10.4. The summed E-state index contributed by atoms with van der Waals surface area (Å²) in [6.45, 7) is -0.497. The van der Waals surface area contributed by atoms with E-state index < -0.39 is 42.7 Å². The molecular weight excluding hydrogens is 319 g/mol. The van der Waals surface area contributed by atoms with E-state index in [0.29, 0.717) is 0 Å². The Kier molecular flexibility index (Phi) is 3.74. The van der Waals surface area contributed by atoms with Crippen molar-refractivity contribution < 1.29 is 24.4 Å². The zero-order valence-corrected chi connectivity index (χ0v) is 11.7. The Hall–Kier alpha value is -1.79. The molecule has 0 bridgehead atoms. The van der Waals surface area contributed by atoms with Crippen LogP contribution in [-0.4, -0.2) is 59.8 Å². The van der Waals surface area contributed by atoms with E-state index in [1.54, 1.807) is 0 Å². The van der Waals surface area contributed by atoms with Crippen LogP contribution >= 0.6 is 12.2 Å². The van der Waals surface area contributed by atoms with Gasteiger partial charge in [-0.05, 0) is 12.2 Å². The van der Waals surface area contributed by atoms with Gasteiger partial charge in [-0.1, -0.05) is 0 Å². The highest BCUT2D eigenvalue weighted by atomic mass is 32.1. The molecule has 3 rings (SSSR count). The molecule has 11 heteroatoms. The van der Waals surface area contributed by atoms with Crippen molar-refractivity contribution in [2.75, 3.05) is 6.61 Å². The molecule has 0 saturated carbocycles. The molecule has 118 valence electrons. The fourth-order valence-corrected chi connectivity index (χ4v) is 2.49. The second-order valence-corrected chi connectivity index (χ2v) is 5.12. The smallest absolute Gasteiger partial charge is 0.305 e. The third-order valence-electron chi connectivity index (χ3n) is 3.36. The third-order valence-corrected chi connectivity index (χ3v) is 3.66. The largest absolute Gasteiger partial charge is 0.394 e. The van der Waals surface area contributed by atoms with Crippen LogP contribution < -0.4 is 5.56 Å². The van der Waals surface area contributed by atoms with Gasteiger partial charge in [0.25, 0.3) is 5.95 Å². The first kappa shape index (κ1) is 15.1. The van der Waals surface area contributed by atoms with Crippen molar-refractivity contribution in [3.8, 4) is 0 Å². The molecular formula is C11H11FN4O5S. The Morgan fingerprint density at radius 3 is 2.77 bits per heavy atom. The van der Waals surface area contributed by atoms with Crippen LogP contribution in [0.1, 0.15) is 6.23 Å². The van der Waals surface area contributed by atoms with Gasteiger partial charge in [-0.15, -0.1) is 0 Å². The quantitative estimate of drug-likeness (QED) is 0.494. The summed E-state index contributed by atoms with van der Waals surface area (Å²) >= 11 is 5.03. The van der Waals surface area contributed by atoms with Gasteiger partial charge >= 0.3 is 5.56 Å². The van der Waals surface area contributed by atoms with Crippen molar-refractivity contribution in [2.24, 2.45) is 0 Å². The first-order valence-electron chi connectivity index (χ1n) is 6.23. The Morgan fingerprint density at radius 2 is 2.14 bits per heavy atom. The molecule has 0 radical (unpaired) electrons. The van der Waals surface area contributed by atoms with E-state index in [2.05, 4.69) is 15.0 Å². The normalized spacial score (nSPS) is 28.4. The standard InChI is InChI=1S/C11H11FN4O5S/c12-7-9(20)14-8-3(13-7)1-16(11(22)15-8)10-6(19)5(18)4(2-17)21-10/h1,4-6,10,17-19H,2H2,(H,14,15,20,22)/t4-,5?,6+,10-/m1/s1. The highest BCUT2D eigenvalue weighted by Gasteiger charge is 2.43. The van der Waals surface area contributed by atoms with Crippen LogP contribution in [0.3, 0.4) is 0 Å². The van der Waals surface area contributed by atoms with E-state index in [-0.39, 0.29) is 15.9 Å². The predicted octanol–water partition coefficient (Wildman–Crippen LogP) is -1.40. The molecule has 2 aromatic heterocycles. The number of H-pyrrole nitrogens is 1. The van der Waals surface area contributed by atoms with E-state index in [9.17, 15) is 19.4 Å². The van der Waals surface area contributed by atoms with Crippen LogP contribution in [0.4, 0.5) is 4.39 Å². The molecule has 1 aliphatic heterocycles. The minimum atomic E-state index is -1.37. The summed E-state index contributed by atoms with van der Waals surface area (Å²) in [5, 5.41) is 28.8. The first-order valence-corrected chi connectivity index (χ1v) is 6.64. The molecule has 3 heterocycles. The van der Waals surface area contributed by atoms with Crippen molar-refractivity contribution in [1.82, 2.24) is 19.5 Å². The minimum absolute atomic E-state index is 0.0107. The number of nitrogens with zero attached hydrogens (tertiary/aromatic N) is 3. The summed E-state index contributed by atoms with van der Waals surface area (Å²) in [5.41, 5.74) is -1.05. The number of fused-ring (bicyclic) bond motifs is 1. The molecule has 4 atom stereocenters. The van der Waals surface area contributed by atoms with Crippen molar-refractivity contribution in [1.29, 1.82) is 0 Å². The number of aliphatic hydroxyl groups excluding tert-OH is 3. The number of nitrogens with one attached hydrogen (secondary N) is 1. The number of rotatable bonds is 2. The van der Waals surface area contributed by atoms with Gasteiger partial charge < -0.3 is 25.0 Å². The average Bonchev–Trinajstić information content (AvgIpc) is 2.76. The molecule has 22 heavy (non-hydrogen) atoms. The summed E-state index contributed by atoms with van der Waals surface area (Å²) in [4.78, 5) is 20.7. The summed E-state index contributed by atoms with van der Waals surface area (Å²) in [6, 6.07) is 0. The van der Waals surface area contributed by atoms with Gasteiger partial charge in [-0.3, -0.25) is 9.36 Å². The number of halogens is 1. The van der Waals surface area contributed by atoms with Gasteiger partial charge in [-0.2, -0.15) is 9.37 Å². The Balaban J connectivity index is 2.12. The molecule has 1 saturated heterocycles. The van der Waals surface area contributed by atoms with E-state index in [1.165, 1.54) is 10.8 Å². The number of hydrogen-bond donors (Lipinski definition) is 4. The number of aromatic nitrogens is 4. The van der Waals surface area contributed by atoms with E-state index in [4.69, 9.17) is 22.1 Å². The molecule has 2 aromatic rings. The molecule has 1 unspecified atom stereocenters. The predicted molar refractivity (Wildman–Crippen MR) is 72.0 cm³/mol. The molecule has 1 fully saturated rings. The van der Waals surface area contributed by atoms with E-state index in [1.807, 2.05) is 0 Å². The summed E-state index contributed by atoms with van der Waals surface area (Å²) in [5.74, 6) is -1.24. The van der Waals surface area contributed by atoms with Crippen LogP contribution in [0, 0.1) is 10.7 Å². The lowest BCUT2D eigenvalue weighted by Crippen LogP contribution is -2.33. The lowest BCUT2D eigenvalue weighted by Gasteiger charge is -2.18. The van der Waals surface area contributed by atoms with Crippen molar-refractivity contribution in [3.05, 3.63) is 27.3 Å². The van der Waals surface area contributed by atoms with Gasteiger partial charge in [0.2, 0.25) is 4.77 Å². The Morgan fingerprint density at radius 1 is 1.41 bits per heavy atom. The minimum Gasteiger partial charge on any atom is -0.394 e. The maximum absolute atomic E-state index is 13.2. The van der Waals surface area contributed by atoms with Crippen molar-refractivity contribution >= 4 is 23.4 Å². The van der Waals surface area contributed by atoms with Crippen molar-refractivity contribution in [2.45, 2.75) is 24.5 Å². The molecule has 0 aliphatic carbocycles. The van der Waals surface area contributed by atoms with Gasteiger partial charge in [0.1, 0.15) is 23.8 Å². The van der Waals surface area contributed by atoms with Crippen molar-refractivity contribution in [3.63, 3.8) is 0 Å². The number of hydrogen-bond acceptors (Lipinski definition) is 8. The Bertz CT molecular complexity index is 839. The molecule has 0 aromatic carbocycles. The maximum atomic E-state index is 13.2. The van der Waals surface area contributed by atoms with Crippen LogP contribution in [0.5, 0.6) is 0 Å². The average molecular weight is 330 g/mol. The molecule has 9 nitrogen and oxygen atoms in total. The van der Waals surface area contributed by atoms with Gasteiger partial charge in [-0.25, -0.2) is 4.98 Å². The molecule has 0 amide bonds. The zero-order valence-electron chi connectivity index (χ0n) is 10.9.